The third kappa shape index (κ3) is 2.93. The highest BCUT2D eigenvalue weighted by Crippen LogP contribution is 2.26. The molecule has 1 aliphatic rings. The van der Waals surface area contributed by atoms with Gasteiger partial charge in [-0.15, -0.1) is 0 Å². The molecule has 0 saturated carbocycles. The van der Waals surface area contributed by atoms with Crippen LogP contribution in [0.3, 0.4) is 0 Å². The van der Waals surface area contributed by atoms with Crippen LogP contribution in [0.1, 0.15) is 5.69 Å². The maximum Gasteiger partial charge on any atom is 0.225 e. The summed E-state index contributed by atoms with van der Waals surface area (Å²) < 4.78 is 7.35. The van der Waals surface area contributed by atoms with Crippen molar-refractivity contribution in [1.29, 1.82) is 0 Å². The van der Waals surface area contributed by atoms with E-state index in [4.69, 9.17) is 4.74 Å². The molecule has 0 spiro atoms. The Morgan fingerprint density at radius 2 is 1.86 bits per heavy atom. The molecule has 0 atom stereocenters. The molecule has 142 valence electrons. The predicted molar refractivity (Wildman–Crippen MR) is 104 cm³/mol. The second-order valence-electron chi connectivity index (χ2n) is 6.52. The number of fused-ring (bicyclic) bond motifs is 1. The number of aryl methyl sites for hydroxylation is 1. The first-order valence-corrected chi connectivity index (χ1v) is 9.04. The van der Waals surface area contributed by atoms with Crippen LogP contribution in [0.5, 0.6) is 0 Å². The van der Waals surface area contributed by atoms with Crippen molar-refractivity contribution in [2.24, 2.45) is 0 Å². The van der Waals surface area contributed by atoms with Crippen molar-refractivity contribution in [2.75, 3.05) is 36.5 Å². The van der Waals surface area contributed by atoms with Crippen molar-refractivity contribution in [3.63, 3.8) is 0 Å². The van der Waals surface area contributed by atoms with Crippen LogP contribution in [0.4, 0.5) is 17.5 Å². The quantitative estimate of drug-likeness (QED) is 0.554. The lowest BCUT2D eigenvalue weighted by Crippen LogP contribution is -2.37. The van der Waals surface area contributed by atoms with Crippen LogP contribution in [-0.4, -0.2) is 60.8 Å². The number of rotatable bonds is 4. The van der Waals surface area contributed by atoms with E-state index >= 15 is 0 Å². The minimum absolute atomic E-state index is 0.637. The SMILES string of the molecule is Cc1[nH]ncc1-c1cnc(Nc2cnc(N3CCOCC3)nc2)c2nccn12. The summed E-state index contributed by atoms with van der Waals surface area (Å²) in [5.41, 5.74) is 4.35. The molecule has 0 aliphatic carbocycles. The second-order valence-corrected chi connectivity index (χ2v) is 6.52. The van der Waals surface area contributed by atoms with Crippen molar-refractivity contribution in [3.8, 4) is 11.3 Å². The molecule has 10 nitrogen and oxygen atoms in total. The lowest BCUT2D eigenvalue weighted by atomic mass is 10.2. The number of hydrogen-bond acceptors (Lipinski definition) is 8. The van der Waals surface area contributed by atoms with Crippen LogP contribution in [0.25, 0.3) is 16.9 Å². The first kappa shape index (κ1) is 16.6. The van der Waals surface area contributed by atoms with Gasteiger partial charge in [-0.25, -0.2) is 19.9 Å². The summed E-state index contributed by atoms with van der Waals surface area (Å²) in [4.78, 5) is 20.1. The third-order valence-electron chi connectivity index (χ3n) is 4.73. The summed E-state index contributed by atoms with van der Waals surface area (Å²) in [6, 6.07) is 0. The highest BCUT2D eigenvalue weighted by molar-refractivity contribution is 5.74. The van der Waals surface area contributed by atoms with Gasteiger partial charge in [0, 0.05) is 36.7 Å². The van der Waals surface area contributed by atoms with Crippen molar-refractivity contribution in [1.82, 2.24) is 34.5 Å². The van der Waals surface area contributed by atoms with Crippen LogP contribution < -0.4 is 10.2 Å². The molecule has 1 saturated heterocycles. The van der Waals surface area contributed by atoms with Gasteiger partial charge in [0.1, 0.15) is 0 Å². The Morgan fingerprint density at radius 1 is 1.04 bits per heavy atom. The van der Waals surface area contributed by atoms with Gasteiger partial charge < -0.3 is 15.0 Å². The highest BCUT2D eigenvalue weighted by atomic mass is 16.5. The van der Waals surface area contributed by atoms with Crippen LogP contribution in [0.15, 0.2) is 37.2 Å². The average molecular weight is 377 g/mol. The lowest BCUT2D eigenvalue weighted by molar-refractivity contribution is 0.122. The van der Waals surface area contributed by atoms with E-state index in [-0.39, 0.29) is 0 Å². The topological polar surface area (TPSA) is 109 Å². The van der Waals surface area contributed by atoms with Crippen LogP contribution >= 0.6 is 0 Å². The molecule has 1 fully saturated rings. The van der Waals surface area contributed by atoms with Crippen molar-refractivity contribution in [2.45, 2.75) is 6.92 Å². The summed E-state index contributed by atoms with van der Waals surface area (Å²) in [6.45, 7) is 4.99. The maximum atomic E-state index is 5.37. The lowest BCUT2D eigenvalue weighted by Gasteiger charge is -2.26. The van der Waals surface area contributed by atoms with E-state index in [0.29, 0.717) is 25.0 Å². The molecule has 4 aromatic rings. The number of nitrogens with one attached hydrogen (secondary N) is 2. The Labute approximate surface area is 160 Å². The highest BCUT2D eigenvalue weighted by Gasteiger charge is 2.15. The largest absolute Gasteiger partial charge is 0.378 e. The van der Waals surface area contributed by atoms with E-state index in [9.17, 15) is 0 Å². The van der Waals surface area contributed by atoms with Gasteiger partial charge in [0.15, 0.2) is 11.5 Å². The fourth-order valence-electron chi connectivity index (χ4n) is 3.26. The molecule has 5 heterocycles. The fraction of sp³-hybridized carbons (Fsp3) is 0.278. The Kier molecular flexibility index (Phi) is 4.09. The van der Waals surface area contributed by atoms with E-state index in [1.54, 1.807) is 31.0 Å². The number of imidazole rings is 1. The number of nitrogens with zero attached hydrogens (tertiary/aromatic N) is 7. The molecule has 5 rings (SSSR count). The van der Waals surface area contributed by atoms with E-state index in [2.05, 4.69) is 40.3 Å². The summed E-state index contributed by atoms with van der Waals surface area (Å²) in [5.74, 6) is 1.34. The molecule has 0 aromatic carbocycles. The molecule has 0 amide bonds. The molecule has 1 aliphatic heterocycles. The van der Waals surface area contributed by atoms with Gasteiger partial charge in [-0.05, 0) is 6.92 Å². The predicted octanol–water partition coefficient (Wildman–Crippen LogP) is 1.80. The normalized spacial score (nSPS) is 14.5. The first-order chi connectivity index (χ1) is 13.8. The van der Waals surface area contributed by atoms with E-state index in [1.807, 2.05) is 17.5 Å². The van der Waals surface area contributed by atoms with Crippen LogP contribution in [-0.2, 0) is 4.74 Å². The number of hydrogen-bond donors (Lipinski definition) is 2. The number of anilines is 3. The number of ether oxygens (including phenoxy) is 1. The van der Waals surface area contributed by atoms with Crippen molar-refractivity contribution >= 4 is 23.1 Å². The molecular weight excluding hydrogens is 358 g/mol. The van der Waals surface area contributed by atoms with Crippen LogP contribution in [0.2, 0.25) is 0 Å². The summed E-state index contributed by atoms with van der Waals surface area (Å²) in [5, 5.41) is 10.3. The zero-order valence-electron chi connectivity index (χ0n) is 15.3. The molecule has 2 N–H and O–H groups in total. The van der Waals surface area contributed by atoms with Gasteiger partial charge in [0.05, 0.1) is 49.4 Å². The maximum absolute atomic E-state index is 5.37. The zero-order chi connectivity index (χ0) is 18.9. The second kappa shape index (κ2) is 6.89. The number of aromatic amines is 1. The van der Waals surface area contributed by atoms with Gasteiger partial charge in [0.25, 0.3) is 0 Å². The molecule has 4 aromatic heterocycles. The number of aromatic nitrogens is 7. The van der Waals surface area contributed by atoms with Gasteiger partial charge in [-0.1, -0.05) is 0 Å². The van der Waals surface area contributed by atoms with Gasteiger partial charge in [-0.2, -0.15) is 5.10 Å². The summed E-state index contributed by atoms with van der Waals surface area (Å²) in [6.07, 6.45) is 10.8. The minimum Gasteiger partial charge on any atom is -0.378 e. The van der Waals surface area contributed by atoms with E-state index < -0.39 is 0 Å². The molecular formula is C18H19N9O. The fourth-order valence-corrected chi connectivity index (χ4v) is 3.26. The molecule has 0 unspecified atom stereocenters. The van der Waals surface area contributed by atoms with Gasteiger partial charge >= 0.3 is 0 Å². The van der Waals surface area contributed by atoms with Crippen molar-refractivity contribution in [3.05, 3.63) is 42.9 Å². The number of H-pyrrole nitrogens is 1. The number of morpholine rings is 1. The standard InChI is InChI=1S/C18H19N9O/c1-12-14(10-23-25-12)15-11-20-16(17-19-2-3-27(15)17)24-13-8-21-18(22-9-13)26-4-6-28-7-5-26/h2-3,8-11H,4-7H2,1H3,(H,20,24)(H,23,25). The van der Waals surface area contributed by atoms with E-state index in [1.165, 1.54) is 0 Å². The summed E-state index contributed by atoms with van der Waals surface area (Å²) >= 11 is 0. The summed E-state index contributed by atoms with van der Waals surface area (Å²) in [7, 11) is 0. The monoisotopic (exact) mass is 377 g/mol. The Morgan fingerprint density at radius 3 is 2.61 bits per heavy atom. The Hall–Kier alpha value is -3.53. The molecule has 10 heteroatoms. The minimum atomic E-state index is 0.637. The van der Waals surface area contributed by atoms with Gasteiger partial charge in [-0.3, -0.25) is 9.50 Å². The third-order valence-corrected chi connectivity index (χ3v) is 4.73. The zero-order valence-corrected chi connectivity index (χ0v) is 15.3. The van der Waals surface area contributed by atoms with Crippen LogP contribution in [0, 0.1) is 6.92 Å². The molecule has 28 heavy (non-hydrogen) atoms. The molecule has 0 bridgehead atoms. The first-order valence-electron chi connectivity index (χ1n) is 9.04. The van der Waals surface area contributed by atoms with Crippen molar-refractivity contribution < 1.29 is 4.74 Å². The Bertz CT molecular complexity index is 1100. The van der Waals surface area contributed by atoms with E-state index in [0.717, 1.165) is 41.4 Å². The Balaban J connectivity index is 1.43. The average Bonchev–Trinajstić information content (AvgIpc) is 3.39. The smallest absolute Gasteiger partial charge is 0.225 e. The molecule has 0 radical (unpaired) electrons. The van der Waals surface area contributed by atoms with Gasteiger partial charge in [0.2, 0.25) is 5.95 Å².